The summed E-state index contributed by atoms with van der Waals surface area (Å²) in [5.41, 5.74) is 1.82. The van der Waals surface area contributed by atoms with E-state index in [-0.39, 0.29) is 5.97 Å². The summed E-state index contributed by atoms with van der Waals surface area (Å²) in [5, 5.41) is 3.05. The third-order valence-electron chi connectivity index (χ3n) is 4.35. The molecule has 0 aliphatic rings. The van der Waals surface area contributed by atoms with Crippen LogP contribution in [0.2, 0.25) is 5.02 Å². The number of halogens is 1. The van der Waals surface area contributed by atoms with Gasteiger partial charge in [-0.3, -0.25) is 0 Å². The Morgan fingerprint density at radius 2 is 1.84 bits per heavy atom. The van der Waals surface area contributed by atoms with Gasteiger partial charge in [0.25, 0.3) is 0 Å². The van der Waals surface area contributed by atoms with Gasteiger partial charge < -0.3 is 4.74 Å². The van der Waals surface area contributed by atoms with Crippen molar-refractivity contribution in [3.8, 4) is 0 Å². The molecule has 4 rings (SSSR count). The molecule has 2 heterocycles. The first-order valence-electron chi connectivity index (χ1n) is 7.84. The number of methoxy groups -OCH3 is 1. The van der Waals surface area contributed by atoms with Crippen molar-refractivity contribution in [3.05, 3.63) is 68.4 Å². The van der Waals surface area contributed by atoms with Crippen molar-refractivity contribution in [2.75, 3.05) is 7.11 Å². The van der Waals surface area contributed by atoms with Crippen LogP contribution in [-0.2, 0) is 11.2 Å². The lowest BCUT2D eigenvalue weighted by atomic mass is 10.0. The molecule has 126 valence electrons. The van der Waals surface area contributed by atoms with E-state index in [2.05, 4.69) is 19.1 Å². The molecule has 2 nitrogen and oxygen atoms in total. The Morgan fingerprint density at radius 1 is 1.08 bits per heavy atom. The molecular formula is C20H15ClO2S2. The number of thiophene rings is 2. The fourth-order valence-electron chi connectivity index (χ4n) is 3.07. The molecule has 0 radical (unpaired) electrons. The maximum atomic E-state index is 11.9. The average Bonchev–Trinajstić information content (AvgIpc) is 3.11. The Bertz CT molecular complexity index is 1110. The number of aryl methyl sites for hydroxylation is 1. The third-order valence-corrected chi connectivity index (χ3v) is 7.20. The summed E-state index contributed by atoms with van der Waals surface area (Å²) in [6.07, 6.45) is 0.772. The molecule has 2 aromatic carbocycles. The summed E-state index contributed by atoms with van der Waals surface area (Å²) in [6, 6.07) is 14.0. The molecule has 0 atom stereocenters. The van der Waals surface area contributed by atoms with Gasteiger partial charge in [0.15, 0.2) is 0 Å². The number of hydrogen-bond donors (Lipinski definition) is 0. The highest BCUT2D eigenvalue weighted by atomic mass is 35.5. The first-order chi connectivity index (χ1) is 12.1. The quantitative estimate of drug-likeness (QED) is 0.378. The van der Waals surface area contributed by atoms with E-state index in [4.69, 9.17) is 16.3 Å². The number of esters is 1. The molecule has 0 spiro atoms. The Balaban J connectivity index is 1.83. The van der Waals surface area contributed by atoms with Crippen molar-refractivity contribution in [2.24, 2.45) is 0 Å². The summed E-state index contributed by atoms with van der Waals surface area (Å²) in [5.74, 6) is -0.309. The summed E-state index contributed by atoms with van der Waals surface area (Å²) in [7, 11) is 1.41. The zero-order valence-corrected chi connectivity index (χ0v) is 16.1. The van der Waals surface area contributed by atoms with Gasteiger partial charge in [-0.25, -0.2) is 4.79 Å². The number of hydrogen-bond acceptors (Lipinski definition) is 4. The summed E-state index contributed by atoms with van der Waals surface area (Å²) < 4.78 is 7.24. The van der Waals surface area contributed by atoms with E-state index >= 15 is 0 Å². The van der Waals surface area contributed by atoms with Gasteiger partial charge >= 0.3 is 5.97 Å². The van der Waals surface area contributed by atoms with Crippen LogP contribution in [0.4, 0.5) is 0 Å². The second-order valence-corrected chi connectivity index (χ2v) is 8.62. The van der Waals surface area contributed by atoms with Crippen LogP contribution in [0, 0.1) is 6.92 Å². The van der Waals surface area contributed by atoms with Gasteiger partial charge in [0.2, 0.25) is 0 Å². The number of carbonyl (C=O) groups is 1. The number of benzene rings is 2. The molecule has 0 N–H and O–H groups in total. The van der Waals surface area contributed by atoms with E-state index in [9.17, 15) is 4.79 Å². The molecule has 2 aromatic heterocycles. The monoisotopic (exact) mass is 386 g/mol. The molecule has 0 fully saturated rings. The second-order valence-electron chi connectivity index (χ2n) is 5.85. The van der Waals surface area contributed by atoms with Crippen molar-refractivity contribution in [1.82, 2.24) is 0 Å². The van der Waals surface area contributed by atoms with Crippen LogP contribution in [-0.4, -0.2) is 13.1 Å². The Kier molecular flexibility index (Phi) is 4.28. The Morgan fingerprint density at radius 3 is 2.60 bits per heavy atom. The minimum absolute atomic E-state index is 0.309. The van der Waals surface area contributed by atoms with Gasteiger partial charge in [-0.1, -0.05) is 29.8 Å². The smallest absolute Gasteiger partial charge is 0.337 e. The maximum absolute atomic E-state index is 11.9. The highest BCUT2D eigenvalue weighted by molar-refractivity contribution is 7.20. The van der Waals surface area contributed by atoms with E-state index in [0.717, 1.165) is 27.1 Å². The minimum Gasteiger partial charge on any atom is -0.465 e. The lowest BCUT2D eigenvalue weighted by molar-refractivity contribution is 0.0601. The van der Waals surface area contributed by atoms with Crippen LogP contribution in [0.25, 0.3) is 20.2 Å². The number of carbonyl (C=O) groups excluding carboxylic acids is 1. The van der Waals surface area contributed by atoms with Gasteiger partial charge in [-0.2, -0.15) is 0 Å². The summed E-state index contributed by atoms with van der Waals surface area (Å²) in [4.78, 5) is 14.3. The van der Waals surface area contributed by atoms with Gasteiger partial charge in [0.1, 0.15) is 0 Å². The second kappa shape index (κ2) is 6.45. The fourth-order valence-corrected chi connectivity index (χ4v) is 5.65. The van der Waals surface area contributed by atoms with Crippen molar-refractivity contribution in [1.29, 1.82) is 0 Å². The summed E-state index contributed by atoms with van der Waals surface area (Å²) >= 11 is 10.1. The third kappa shape index (κ3) is 2.84. The van der Waals surface area contributed by atoms with Crippen LogP contribution in [0.1, 0.15) is 25.7 Å². The molecule has 4 aromatic rings. The van der Waals surface area contributed by atoms with Crippen molar-refractivity contribution < 1.29 is 9.53 Å². The normalized spacial score (nSPS) is 11.3. The van der Waals surface area contributed by atoms with Crippen molar-refractivity contribution >= 4 is 60.4 Å². The fraction of sp³-hybridized carbons (Fsp3) is 0.150. The molecule has 0 saturated carbocycles. The van der Waals surface area contributed by atoms with Crippen LogP contribution in [0.15, 0.2) is 42.5 Å². The minimum atomic E-state index is -0.309. The molecular weight excluding hydrogens is 372 g/mol. The van der Waals surface area contributed by atoms with E-state index in [0.29, 0.717) is 5.56 Å². The molecule has 0 saturated heterocycles. The predicted octanol–water partition coefficient (Wildman–Crippen LogP) is 6.46. The number of rotatable bonds is 3. The predicted molar refractivity (Wildman–Crippen MR) is 108 cm³/mol. The molecule has 0 bridgehead atoms. The van der Waals surface area contributed by atoms with Gasteiger partial charge in [0.05, 0.1) is 17.7 Å². The maximum Gasteiger partial charge on any atom is 0.337 e. The van der Waals surface area contributed by atoms with Gasteiger partial charge in [-0.05, 0) is 42.1 Å². The van der Waals surface area contributed by atoms with Gasteiger partial charge in [-0.15, -0.1) is 22.7 Å². The lowest BCUT2D eigenvalue weighted by Crippen LogP contribution is -2.00. The number of fused-ring (bicyclic) bond motifs is 2. The molecule has 0 unspecified atom stereocenters. The zero-order valence-electron chi connectivity index (χ0n) is 13.8. The van der Waals surface area contributed by atoms with E-state index in [1.54, 1.807) is 22.7 Å². The van der Waals surface area contributed by atoms with Crippen molar-refractivity contribution in [2.45, 2.75) is 13.3 Å². The molecule has 0 aliphatic carbocycles. The summed E-state index contributed by atoms with van der Waals surface area (Å²) in [6.45, 7) is 2.12. The Labute approximate surface area is 158 Å². The Hall–Kier alpha value is -1.88. The van der Waals surface area contributed by atoms with Crippen molar-refractivity contribution in [3.63, 3.8) is 0 Å². The molecule has 0 amide bonds. The highest BCUT2D eigenvalue weighted by Crippen LogP contribution is 2.40. The van der Waals surface area contributed by atoms with Crippen LogP contribution in [0.3, 0.4) is 0 Å². The van der Waals surface area contributed by atoms with E-state index < -0.39 is 0 Å². The molecule has 0 aliphatic heterocycles. The molecule has 5 heteroatoms. The first kappa shape index (κ1) is 16.6. The zero-order chi connectivity index (χ0) is 17.6. The SMILES string of the molecule is COC(=O)c1ccc2sc(C)c(Cc3sc4ccccc4c3Cl)c2c1. The topological polar surface area (TPSA) is 26.3 Å². The number of ether oxygens (including phenoxy) is 1. The molecule has 25 heavy (non-hydrogen) atoms. The van der Waals surface area contributed by atoms with Crippen LogP contribution >= 0.6 is 34.3 Å². The first-order valence-corrected chi connectivity index (χ1v) is 9.86. The van der Waals surface area contributed by atoms with E-state index in [1.165, 1.54) is 27.0 Å². The standard InChI is InChI=1S/C20H15ClO2S2/c1-11-14(10-18-19(21)13-5-3-4-6-16(13)25-18)15-9-12(20(22)23-2)7-8-17(15)24-11/h3-9H,10H2,1-2H3. The van der Waals surface area contributed by atoms with Crippen LogP contribution in [0.5, 0.6) is 0 Å². The van der Waals surface area contributed by atoms with Crippen LogP contribution < -0.4 is 0 Å². The van der Waals surface area contributed by atoms with E-state index in [1.807, 2.05) is 30.3 Å². The average molecular weight is 387 g/mol. The highest BCUT2D eigenvalue weighted by Gasteiger charge is 2.16. The van der Waals surface area contributed by atoms with Gasteiger partial charge in [0, 0.05) is 31.0 Å². The lowest BCUT2D eigenvalue weighted by Gasteiger charge is -2.03. The largest absolute Gasteiger partial charge is 0.465 e.